The van der Waals surface area contributed by atoms with Crippen molar-refractivity contribution in [3.63, 3.8) is 0 Å². The van der Waals surface area contributed by atoms with Gasteiger partial charge in [-0.1, -0.05) is 31.2 Å². The summed E-state index contributed by atoms with van der Waals surface area (Å²) in [6.07, 6.45) is 3.46. The zero-order chi connectivity index (χ0) is 34.6. The molecule has 0 unspecified atom stereocenters. The first-order valence-corrected chi connectivity index (χ1v) is 18.2. The zero-order valence-corrected chi connectivity index (χ0v) is 29.5. The van der Waals surface area contributed by atoms with Crippen LogP contribution >= 0.6 is 11.8 Å². The molecule has 1 aromatic heterocycles. The molecule has 256 valence electrons. The summed E-state index contributed by atoms with van der Waals surface area (Å²) in [5.41, 5.74) is 0.700. The molecule has 47 heavy (non-hydrogen) atoms. The summed E-state index contributed by atoms with van der Waals surface area (Å²) in [5, 5.41) is 2.81. The average molecular weight is 688 g/mol. The number of hydrogen-bond acceptors (Lipinski definition) is 9. The lowest BCUT2D eigenvalue weighted by atomic mass is 10.00. The van der Waals surface area contributed by atoms with E-state index < -0.39 is 44.3 Å². The molecular weight excluding hydrogens is 643 g/mol. The third kappa shape index (κ3) is 9.11. The molecule has 2 aliphatic heterocycles. The first-order chi connectivity index (χ1) is 22.0. The van der Waals surface area contributed by atoms with E-state index in [1.54, 1.807) is 56.6 Å². The number of nitrogens with one attached hydrogen (secondary N) is 1. The summed E-state index contributed by atoms with van der Waals surface area (Å²) >= 11 is 1.33. The fraction of sp³-hybridized carbons (Fsp3) is 0.545. The van der Waals surface area contributed by atoms with Crippen LogP contribution in [-0.2, 0) is 46.8 Å². The van der Waals surface area contributed by atoms with Gasteiger partial charge in [0.25, 0.3) is 0 Å². The lowest BCUT2D eigenvalue weighted by Gasteiger charge is -2.34. The number of aromatic nitrogens is 1. The third-order valence-corrected chi connectivity index (χ3v) is 11.4. The molecule has 0 saturated carbocycles. The molecule has 1 aromatic carbocycles. The molecule has 3 heterocycles. The number of esters is 1. The molecule has 0 radical (unpaired) electrons. The van der Waals surface area contributed by atoms with Gasteiger partial charge in [-0.05, 0) is 57.9 Å². The zero-order valence-electron chi connectivity index (χ0n) is 27.9. The molecular formula is C33H45N5O7S2. The van der Waals surface area contributed by atoms with E-state index in [1.165, 1.54) is 36.3 Å². The molecule has 12 nitrogen and oxygen atoms in total. The standard InChI is InChI=1S/C33H45N5O7S2/c1-7-27(39)36-15-17-37(18-16-36)28(40)20-24-12-10-23(11-13-24)19-26(31(42)45-32(2,3)4)35-30(41)29-33(5,6)46-22-38(29)47(43,44)25-9-8-14-34-21-25/h8-14,21,26,29H,7,15-20,22H2,1-6H3,(H,35,41)/t26-,29+/m0/s1. The number of thioether (sulfide) groups is 1. The number of amides is 3. The van der Waals surface area contributed by atoms with Gasteiger partial charge in [-0.25, -0.2) is 13.2 Å². The van der Waals surface area contributed by atoms with Crippen LogP contribution in [0, 0.1) is 0 Å². The summed E-state index contributed by atoms with van der Waals surface area (Å²) in [6, 6.07) is 8.00. The van der Waals surface area contributed by atoms with Crippen LogP contribution < -0.4 is 5.32 Å². The molecule has 2 atom stereocenters. The average Bonchev–Trinajstić information content (AvgIpc) is 3.36. The predicted molar refractivity (Wildman–Crippen MR) is 179 cm³/mol. The first kappa shape index (κ1) is 36.3. The van der Waals surface area contributed by atoms with Crippen molar-refractivity contribution in [3.05, 3.63) is 59.9 Å². The number of piperazine rings is 1. The van der Waals surface area contributed by atoms with Gasteiger partial charge in [-0.15, -0.1) is 11.8 Å². The monoisotopic (exact) mass is 687 g/mol. The maximum Gasteiger partial charge on any atom is 0.329 e. The predicted octanol–water partition coefficient (Wildman–Crippen LogP) is 2.62. The van der Waals surface area contributed by atoms with E-state index in [0.717, 1.165) is 15.4 Å². The van der Waals surface area contributed by atoms with Crippen molar-refractivity contribution in [2.45, 2.75) is 88.1 Å². The van der Waals surface area contributed by atoms with Crippen LogP contribution in [-0.4, -0.2) is 106 Å². The molecule has 14 heteroatoms. The van der Waals surface area contributed by atoms with Crippen LogP contribution in [0.3, 0.4) is 0 Å². The topological polar surface area (TPSA) is 146 Å². The molecule has 1 N–H and O–H groups in total. The van der Waals surface area contributed by atoms with Crippen molar-refractivity contribution in [1.29, 1.82) is 0 Å². The number of carbonyl (C=O) groups is 4. The van der Waals surface area contributed by atoms with Crippen LogP contribution in [0.15, 0.2) is 53.7 Å². The van der Waals surface area contributed by atoms with Gasteiger partial charge < -0.3 is 19.9 Å². The number of carbonyl (C=O) groups excluding carboxylic acids is 4. The van der Waals surface area contributed by atoms with Crippen LogP contribution in [0.25, 0.3) is 0 Å². The first-order valence-electron chi connectivity index (χ1n) is 15.7. The Morgan fingerprint density at radius 3 is 2.15 bits per heavy atom. The van der Waals surface area contributed by atoms with Crippen LogP contribution in [0.5, 0.6) is 0 Å². The smallest absolute Gasteiger partial charge is 0.329 e. The molecule has 3 amide bonds. The second-order valence-electron chi connectivity index (χ2n) is 13.3. The Bertz CT molecular complexity index is 1550. The van der Waals surface area contributed by atoms with Crippen LogP contribution in [0.1, 0.15) is 59.1 Å². The normalized spacial score (nSPS) is 19.2. The second kappa shape index (κ2) is 14.7. The van der Waals surface area contributed by atoms with Crippen molar-refractivity contribution < 1.29 is 32.3 Å². The molecule has 2 saturated heterocycles. The highest BCUT2D eigenvalue weighted by atomic mass is 32.2. The van der Waals surface area contributed by atoms with Crippen molar-refractivity contribution in [3.8, 4) is 0 Å². The molecule has 2 fully saturated rings. The molecule has 0 spiro atoms. The SMILES string of the molecule is CCC(=O)N1CCN(C(=O)Cc2ccc(C[C@H](NC(=O)[C@H]3N(S(=O)(=O)c4cccnc4)CSC3(C)C)C(=O)OC(C)(C)C)cc2)CC1. The van der Waals surface area contributed by atoms with E-state index in [-0.39, 0.29) is 35.4 Å². The van der Waals surface area contributed by atoms with Crippen molar-refractivity contribution in [2.24, 2.45) is 0 Å². The van der Waals surface area contributed by atoms with Gasteiger partial charge in [0.2, 0.25) is 27.7 Å². The maximum absolute atomic E-state index is 13.9. The van der Waals surface area contributed by atoms with Crippen molar-refractivity contribution >= 4 is 45.5 Å². The van der Waals surface area contributed by atoms with Gasteiger partial charge in [-0.3, -0.25) is 19.4 Å². The van der Waals surface area contributed by atoms with E-state index in [1.807, 2.05) is 19.1 Å². The highest BCUT2D eigenvalue weighted by molar-refractivity contribution is 8.02. The van der Waals surface area contributed by atoms with Crippen LogP contribution in [0.2, 0.25) is 0 Å². The minimum atomic E-state index is -4.05. The van der Waals surface area contributed by atoms with E-state index in [2.05, 4.69) is 10.3 Å². The Balaban J connectivity index is 1.47. The van der Waals surface area contributed by atoms with Gasteiger partial charge in [0.05, 0.1) is 12.3 Å². The minimum absolute atomic E-state index is 0.0211. The van der Waals surface area contributed by atoms with Gasteiger partial charge in [0.15, 0.2) is 0 Å². The lowest BCUT2D eigenvalue weighted by Crippen LogP contribution is -2.57. The largest absolute Gasteiger partial charge is 0.458 e. The second-order valence-corrected chi connectivity index (χ2v) is 16.8. The minimum Gasteiger partial charge on any atom is -0.458 e. The molecule has 2 aromatic rings. The Labute approximate surface area is 281 Å². The fourth-order valence-corrected chi connectivity index (χ4v) is 8.71. The summed E-state index contributed by atoms with van der Waals surface area (Å²) < 4.78 is 33.1. The quantitative estimate of drug-likeness (QED) is 0.373. The number of pyridine rings is 1. The summed E-state index contributed by atoms with van der Waals surface area (Å²) in [4.78, 5) is 59.7. The number of benzene rings is 1. The maximum atomic E-state index is 13.9. The highest BCUT2D eigenvalue weighted by Gasteiger charge is 2.51. The van der Waals surface area contributed by atoms with Gasteiger partial charge >= 0.3 is 5.97 Å². The van der Waals surface area contributed by atoms with Crippen molar-refractivity contribution in [1.82, 2.24) is 24.4 Å². The van der Waals surface area contributed by atoms with E-state index in [9.17, 15) is 27.6 Å². The van der Waals surface area contributed by atoms with E-state index in [4.69, 9.17) is 4.74 Å². The summed E-state index contributed by atoms with van der Waals surface area (Å²) in [5.74, 6) is -1.12. The molecule has 2 aliphatic rings. The summed E-state index contributed by atoms with van der Waals surface area (Å²) in [7, 11) is -4.05. The Kier molecular flexibility index (Phi) is 11.4. The summed E-state index contributed by atoms with van der Waals surface area (Å²) in [6.45, 7) is 12.7. The molecule has 4 rings (SSSR count). The fourth-order valence-electron chi connectivity index (χ4n) is 5.58. The lowest BCUT2D eigenvalue weighted by molar-refractivity contribution is -0.158. The molecule has 0 aliphatic carbocycles. The number of ether oxygens (including phenoxy) is 1. The highest BCUT2D eigenvalue weighted by Crippen LogP contribution is 2.42. The number of hydrogen-bond donors (Lipinski definition) is 1. The van der Waals surface area contributed by atoms with Gasteiger partial charge in [0, 0.05) is 56.2 Å². The van der Waals surface area contributed by atoms with E-state index in [0.29, 0.717) is 32.6 Å². The van der Waals surface area contributed by atoms with Crippen molar-refractivity contribution in [2.75, 3.05) is 32.1 Å². The number of nitrogens with zero attached hydrogens (tertiary/aromatic N) is 4. The third-order valence-electron chi connectivity index (χ3n) is 8.11. The van der Waals surface area contributed by atoms with Crippen LogP contribution in [0.4, 0.5) is 0 Å². The van der Waals surface area contributed by atoms with Gasteiger partial charge in [-0.2, -0.15) is 4.31 Å². The van der Waals surface area contributed by atoms with Gasteiger partial charge in [0.1, 0.15) is 22.6 Å². The molecule has 0 bridgehead atoms. The number of rotatable bonds is 10. The van der Waals surface area contributed by atoms with E-state index >= 15 is 0 Å². The Morgan fingerprint density at radius 1 is 1.00 bits per heavy atom. The Morgan fingerprint density at radius 2 is 1.60 bits per heavy atom. The number of sulfonamides is 1. The Hall–Kier alpha value is -3.49.